The van der Waals surface area contributed by atoms with Gasteiger partial charge < -0.3 is 10.6 Å². The highest BCUT2D eigenvalue weighted by atomic mass is 16.2. The Morgan fingerprint density at radius 1 is 1.08 bits per heavy atom. The lowest BCUT2D eigenvalue weighted by atomic mass is 9.88. The lowest BCUT2D eigenvalue weighted by Gasteiger charge is -2.20. The first-order chi connectivity index (χ1) is 12.6. The second-order valence-corrected chi connectivity index (χ2v) is 6.89. The van der Waals surface area contributed by atoms with Gasteiger partial charge in [-0.2, -0.15) is 0 Å². The van der Waals surface area contributed by atoms with Crippen molar-refractivity contribution in [2.24, 2.45) is 5.92 Å². The smallest absolute Gasteiger partial charge is 0.255 e. The third-order valence-corrected chi connectivity index (χ3v) is 4.81. The highest BCUT2D eigenvalue weighted by Crippen LogP contribution is 2.23. The summed E-state index contributed by atoms with van der Waals surface area (Å²) in [5, 5.41) is 5.88. The van der Waals surface area contributed by atoms with Gasteiger partial charge in [0.05, 0.1) is 0 Å². The predicted molar refractivity (Wildman–Crippen MR) is 102 cm³/mol. The van der Waals surface area contributed by atoms with E-state index in [-0.39, 0.29) is 17.7 Å². The fourth-order valence-corrected chi connectivity index (χ4v) is 3.30. The van der Waals surface area contributed by atoms with Crippen LogP contribution >= 0.6 is 0 Å². The Bertz CT molecular complexity index is 765. The second-order valence-electron chi connectivity index (χ2n) is 6.89. The maximum atomic E-state index is 12.3. The minimum absolute atomic E-state index is 0.152. The van der Waals surface area contributed by atoms with Crippen LogP contribution in [0.25, 0.3) is 0 Å². The molecule has 1 fully saturated rings. The number of nitrogens with one attached hydrogen (secondary N) is 2. The fourth-order valence-electron chi connectivity index (χ4n) is 3.30. The van der Waals surface area contributed by atoms with E-state index in [1.54, 1.807) is 24.4 Å². The number of carbonyl (C=O) groups is 2. The molecule has 5 nitrogen and oxygen atoms in total. The van der Waals surface area contributed by atoms with E-state index in [1.165, 1.54) is 6.42 Å². The van der Waals surface area contributed by atoms with Crippen LogP contribution in [0, 0.1) is 12.8 Å². The highest BCUT2D eigenvalue weighted by Gasteiger charge is 2.20. The normalized spacial score (nSPS) is 14.7. The third-order valence-electron chi connectivity index (χ3n) is 4.81. The van der Waals surface area contributed by atoms with Crippen LogP contribution in [0.1, 0.15) is 53.7 Å². The summed E-state index contributed by atoms with van der Waals surface area (Å²) in [5.74, 6) is 0.158. The molecule has 1 aliphatic rings. The van der Waals surface area contributed by atoms with Gasteiger partial charge >= 0.3 is 0 Å². The average Bonchev–Trinajstić information content (AvgIpc) is 2.67. The van der Waals surface area contributed by atoms with Crippen molar-refractivity contribution in [3.05, 3.63) is 59.4 Å². The Morgan fingerprint density at radius 2 is 1.81 bits per heavy atom. The van der Waals surface area contributed by atoms with Crippen molar-refractivity contribution in [2.75, 3.05) is 5.32 Å². The standard InChI is InChI=1S/C21H25N3O2/c1-15-13-19(11-12-22-15)24-21(26)18-9-7-16(8-10-18)14-23-20(25)17-5-3-2-4-6-17/h7-13,17H,2-6,14H2,1H3,(H,23,25)(H,22,24,26). The van der Waals surface area contributed by atoms with Crippen LogP contribution in [-0.2, 0) is 11.3 Å². The quantitative estimate of drug-likeness (QED) is 0.860. The molecule has 0 spiro atoms. The van der Waals surface area contributed by atoms with Crippen LogP contribution < -0.4 is 10.6 Å². The molecule has 1 heterocycles. The number of hydrogen-bond donors (Lipinski definition) is 2. The average molecular weight is 351 g/mol. The van der Waals surface area contributed by atoms with E-state index in [4.69, 9.17) is 0 Å². The topological polar surface area (TPSA) is 71.1 Å². The molecule has 0 bridgehead atoms. The molecule has 1 aromatic heterocycles. The van der Waals surface area contributed by atoms with Crippen molar-refractivity contribution < 1.29 is 9.59 Å². The van der Waals surface area contributed by atoms with Gasteiger partial charge in [-0.3, -0.25) is 14.6 Å². The van der Waals surface area contributed by atoms with E-state index >= 15 is 0 Å². The van der Waals surface area contributed by atoms with E-state index in [1.807, 2.05) is 25.1 Å². The summed E-state index contributed by atoms with van der Waals surface area (Å²) in [7, 11) is 0. The Kier molecular flexibility index (Phi) is 6.00. The molecule has 1 saturated carbocycles. The van der Waals surface area contributed by atoms with Gasteiger partial charge in [-0.25, -0.2) is 0 Å². The number of rotatable bonds is 5. The van der Waals surface area contributed by atoms with Crippen LogP contribution in [0.4, 0.5) is 5.69 Å². The van der Waals surface area contributed by atoms with Gasteiger partial charge in [-0.15, -0.1) is 0 Å². The van der Waals surface area contributed by atoms with Crippen LogP contribution in [0.15, 0.2) is 42.6 Å². The molecular formula is C21H25N3O2. The van der Waals surface area contributed by atoms with Crippen LogP contribution in [-0.4, -0.2) is 16.8 Å². The van der Waals surface area contributed by atoms with Gasteiger partial charge in [-0.1, -0.05) is 31.4 Å². The molecule has 5 heteroatoms. The lowest BCUT2D eigenvalue weighted by Crippen LogP contribution is -2.31. The summed E-state index contributed by atoms with van der Waals surface area (Å²) in [6.45, 7) is 2.38. The number of hydrogen-bond acceptors (Lipinski definition) is 3. The molecule has 2 N–H and O–H groups in total. The Hall–Kier alpha value is -2.69. The fraction of sp³-hybridized carbons (Fsp3) is 0.381. The van der Waals surface area contributed by atoms with Crippen molar-refractivity contribution in [3.8, 4) is 0 Å². The maximum Gasteiger partial charge on any atom is 0.255 e. The Morgan fingerprint density at radius 3 is 2.50 bits per heavy atom. The lowest BCUT2D eigenvalue weighted by molar-refractivity contribution is -0.126. The number of benzene rings is 1. The predicted octanol–water partition coefficient (Wildman–Crippen LogP) is 3.84. The van der Waals surface area contributed by atoms with Crippen LogP contribution in [0.2, 0.25) is 0 Å². The Labute approximate surface area is 154 Å². The van der Waals surface area contributed by atoms with Gasteiger partial charge in [0, 0.05) is 35.6 Å². The number of aryl methyl sites for hydroxylation is 1. The summed E-state index contributed by atoms with van der Waals surface area (Å²) < 4.78 is 0. The summed E-state index contributed by atoms with van der Waals surface area (Å²) in [5.41, 5.74) is 3.16. The molecule has 1 aromatic carbocycles. The first-order valence-electron chi connectivity index (χ1n) is 9.22. The molecule has 1 aliphatic carbocycles. The molecule has 2 aromatic rings. The summed E-state index contributed by atoms with van der Waals surface area (Å²) in [4.78, 5) is 28.6. The highest BCUT2D eigenvalue weighted by molar-refractivity contribution is 6.04. The molecule has 0 radical (unpaired) electrons. The minimum Gasteiger partial charge on any atom is -0.352 e. The molecule has 3 rings (SSSR count). The number of amides is 2. The molecule has 136 valence electrons. The van der Waals surface area contributed by atoms with Crippen LogP contribution in [0.5, 0.6) is 0 Å². The maximum absolute atomic E-state index is 12.3. The zero-order chi connectivity index (χ0) is 18.4. The molecule has 0 saturated heterocycles. The van der Waals surface area contributed by atoms with Gasteiger partial charge in [0.25, 0.3) is 5.91 Å². The van der Waals surface area contributed by atoms with Crippen LogP contribution in [0.3, 0.4) is 0 Å². The molecule has 0 aliphatic heterocycles. The van der Waals surface area contributed by atoms with E-state index in [0.29, 0.717) is 12.1 Å². The second kappa shape index (κ2) is 8.61. The largest absolute Gasteiger partial charge is 0.352 e. The number of pyridine rings is 1. The van der Waals surface area contributed by atoms with E-state index in [2.05, 4.69) is 15.6 Å². The number of anilines is 1. The van der Waals surface area contributed by atoms with Crippen molar-refractivity contribution in [2.45, 2.75) is 45.6 Å². The third kappa shape index (κ3) is 4.91. The molecule has 0 atom stereocenters. The van der Waals surface area contributed by atoms with Crippen molar-refractivity contribution in [3.63, 3.8) is 0 Å². The van der Waals surface area contributed by atoms with Gasteiger partial charge in [0.1, 0.15) is 0 Å². The first kappa shape index (κ1) is 18.1. The van der Waals surface area contributed by atoms with Gasteiger partial charge in [0.15, 0.2) is 0 Å². The summed E-state index contributed by atoms with van der Waals surface area (Å²) in [6.07, 6.45) is 7.21. The number of carbonyl (C=O) groups excluding carboxylic acids is 2. The molecule has 26 heavy (non-hydrogen) atoms. The SMILES string of the molecule is Cc1cc(NC(=O)c2ccc(CNC(=O)C3CCCCC3)cc2)ccn1. The van der Waals surface area contributed by atoms with Gasteiger partial charge in [-0.05, 0) is 49.6 Å². The zero-order valence-corrected chi connectivity index (χ0v) is 15.1. The molecule has 2 amide bonds. The van der Waals surface area contributed by atoms with E-state index < -0.39 is 0 Å². The number of nitrogens with zero attached hydrogens (tertiary/aromatic N) is 1. The molecule has 0 unspecified atom stereocenters. The zero-order valence-electron chi connectivity index (χ0n) is 15.1. The minimum atomic E-state index is -0.159. The summed E-state index contributed by atoms with van der Waals surface area (Å²) in [6, 6.07) is 10.9. The molecular weight excluding hydrogens is 326 g/mol. The first-order valence-corrected chi connectivity index (χ1v) is 9.22. The van der Waals surface area contributed by atoms with E-state index in [9.17, 15) is 9.59 Å². The van der Waals surface area contributed by atoms with E-state index in [0.717, 1.165) is 42.6 Å². The monoisotopic (exact) mass is 351 g/mol. The Balaban J connectivity index is 1.52. The van der Waals surface area contributed by atoms with Gasteiger partial charge in [0.2, 0.25) is 5.91 Å². The van der Waals surface area contributed by atoms with Crippen molar-refractivity contribution in [1.29, 1.82) is 0 Å². The number of aromatic nitrogens is 1. The summed E-state index contributed by atoms with van der Waals surface area (Å²) >= 11 is 0. The van der Waals surface area contributed by atoms with Crippen molar-refractivity contribution >= 4 is 17.5 Å². The van der Waals surface area contributed by atoms with Crippen molar-refractivity contribution in [1.82, 2.24) is 10.3 Å².